The first-order chi connectivity index (χ1) is 13.6. The number of amides is 1. The molecule has 5 nitrogen and oxygen atoms in total. The molecule has 29 heavy (non-hydrogen) atoms. The summed E-state index contributed by atoms with van der Waals surface area (Å²) in [5.41, 5.74) is 7.73. The predicted molar refractivity (Wildman–Crippen MR) is 119 cm³/mol. The average molecular weight is 415 g/mol. The van der Waals surface area contributed by atoms with E-state index in [2.05, 4.69) is 19.6 Å². The molecule has 2 rings (SSSR count). The fraction of sp³-hybridized carbons (Fsp3) is 0.304. The maximum absolute atomic E-state index is 11.3. The molecule has 6 heteroatoms. The van der Waals surface area contributed by atoms with E-state index in [1.807, 2.05) is 19.9 Å². The van der Waals surface area contributed by atoms with Gasteiger partial charge in [0.1, 0.15) is 5.54 Å². The topological polar surface area (TPSA) is 84.9 Å². The molecule has 0 spiro atoms. The van der Waals surface area contributed by atoms with Gasteiger partial charge in [-0.15, -0.1) is 0 Å². The van der Waals surface area contributed by atoms with Crippen molar-refractivity contribution in [3.05, 3.63) is 70.3 Å². The van der Waals surface area contributed by atoms with Crippen LogP contribution in [0.4, 0.5) is 0 Å². The molecule has 154 valence electrons. The van der Waals surface area contributed by atoms with Crippen LogP contribution in [0.25, 0.3) is 0 Å². The normalized spacial score (nSPS) is 23.6. The van der Waals surface area contributed by atoms with Gasteiger partial charge in [-0.25, -0.2) is 0 Å². The van der Waals surface area contributed by atoms with Crippen molar-refractivity contribution < 1.29 is 14.6 Å². The Hall–Kier alpha value is -2.79. The molecule has 0 fully saturated rings. The molecular weight excluding hydrogens is 388 g/mol. The number of aliphatic imine (C=N–C) groups is 1. The SMILES string of the molecule is C=C(/C=C\C(N)=O)C1(/N=C/c2cc(Cl)cc(OC)c2O)CC(C)=CC(C)/C1=C\C. The van der Waals surface area contributed by atoms with Crippen LogP contribution in [0.1, 0.15) is 32.8 Å². The monoisotopic (exact) mass is 414 g/mol. The number of phenolic OH excluding ortho intramolecular Hbond substituents is 1. The van der Waals surface area contributed by atoms with Crippen LogP contribution in [0.2, 0.25) is 5.02 Å². The summed E-state index contributed by atoms with van der Waals surface area (Å²) in [6.07, 6.45) is 9.26. The minimum Gasteiger partial charge on any atom is -0.504 e. The van der Waals surface area contributed by atoms with Crippen LogP contribution in [0.3, 0.4) is 0 Å². The van der Waals surface area contributed by atoms with Gasteiger partial charge in [0.05, 0.1) is 7.11 Å². The maximum atomic E-state index is 11.3. The fourth-order valence-electron chi connectivity index (χ4n) is 3.81. The Labute approximate surface area is 176 Å². The molecule has 1 amide bonds. The van der Waals surface area contributed by atoms with Gasteiger partial charge in [0, 0.05) is 35.4 Å². The molecule has 0 heterocycles. The van der Waals surface area contributed by atoms with E-state index in [-0.39, 0.29) is 17.4 Å². The number of allylic oxidation sites excluding steroid dienone is 2. The van der Waals surface area contributed by atoms with Crippen molar-refractivity contribution in [3.63, 3.8) is 0 Å². The molecule has 0 aromatic heterocycles. The predicted octanol–water partition coefficient (Wildman–Crippen LogP) is 4.74. The van der Waals surface area contributed by atoms with Gasteiger partial charge >= 0.3 is 0 Å². The largest absolute Gasteiger partial charge is 0.504 e. The Kier molecular flexibility index (Phi) is 7.09. The highest BCUT2D eigenvalue weighted by molar-refractivity contribution is 6.31. The summed E-state index contributed by atoms with van der Waals surface area (Å²) in [7, 11) is 1.46. The van der Waals surface area contributed by atoms with Crippen LogP contribution in [0.15, 0.2) is 64.7 Å². The third kappa shape index (κ3) is 4.80. The summed E-state index contributed by atoms with van der Waals surface area (Å²) in [4.78, 5) is 16.2. The molecule has 0 aliphatic heterocycles. The van der Waals surface area contributed by atoms with Gasteiger partial charge in [0.2, 0.25) is 5.91 Å². The first-order valence-electron chi connectivity index (χ1n) is 9.27. The minimum atomic E-state index is -0.805. The van der Waals surface area contributed by atoms with Crippen LogP contribution in [0, 0.1) is 5.92 Å². The number of ether oxygens (including phenoxy) is 1. The molecule has 0 saturated carbocycles. The summed E-state index contributed by atoms with van der Waals surface area (Å²) in [6.45, 7) is 10.3. The number of benzene rings is 1. The van der Waals surface area contributed by atoms with Crippen molar-refractivity contribution in [1.29, 1.82) is 0 Å². The zero-order valence-corrected chi connectivity index (χ0v) is 18.0. The number of aromatic hydroxyl groups is 1. The van der Waals surface area contributed by atoms with Gasteiger partial charge in [-0.3, -0.25) is 9.79 Å². The quantitative estimate of drug-likeness (QED) is 0.305. The van der Waals surface area contributed by atoms with E-state index in [9.17, 15) is 9.90 Å². The number of carbonyl (C=O) groups excluding carboxylic acids is 1. The number of halogens is 1. The minimum absolute atomic E-state index is 0.0489. The maximum Gasteiger partial charge on any atom is 0.241 e. The van der Waals surface area contributed by atoms with Gasteiger partial charge < -0.3 is 15.6 Å². The third-order valence-electron chi connectivity index (χ3n) is 5.04. The number of hydrogen-bond donors (Lipinski definition) is 2. The van der Waals surface area contributed by atoms with Crippen molar-refractivity contribution in [3.8, 4) is 11.5 Å². The average Bonchev–Trinajstić information content (AvgIpc) is 2.65. The zero-order valence-electron chi connectivity index (χ0n) is 17.2. The fourth-order valence-corrected chi connectivity index (χ4v) is 4.03. The van der Waals surface area contributed by atoms with Crippen molar-refractivity contribution in [2.45, 2.75) is 32.7 Å². The number of methoxy groups -OCH3 is 1. The highest BCUT2D eigenvalue weighted by Crippen LogP contribution is 2.44. The summed E-state index contributed by atoms with van der Waals surface area (Å²) in [5, 5.41) is 10.9. The molecule has 0 saturated heterocycles. The number of phenols is 1. The van der Waals surface area contributed by atoms with E-state index >= 15 is 0 Å². The second kappa shape index (κ2) is 9.14. The van der Waals surface area contributed by atoms with Gasteiger partial charge in [-0.05, 0) is 37.0 Å². The number of carbonyl (C=O) groups is 1. The number of hydrogen-bond acceptors (Lipinski definition) is 4. The number of nitrogens with two attached hydrogens (primary N) is 1. The highest BCUT2D eigenvalue weighted by Gasteiger charge is 2.40. The molecule has 1 aromatic carbocycles. The Balaban J connectivity index is 2.65. The van der Waals surface area contributed by atoms with E-state index in [4.69, 9.17) is 27.1 Å². The third-order valence-corrected chi connectivity index (χ3v) is 5.26. The van der Waals surface area contributed by atoms with Crippen molar-refractivity contribution in [1.82, 2.24) is 0 Å². The van der Waals surface area contributed by atoms with Crippen molar-refractivity contribution in [2.24, 2.45) is 16.6 Å². The zero-order chi connectivity index (χ0) is 21.8. The Morgan fingerprint density at radius 3 is 2.72 bits per heavy atom. The molecular formula is C23H27ClN2O3. The molecule has 1 aromatic rings. The van der Waals surface area contributed by atoms with Gasteiger partial charge in [0.25, 0.3) is 0 Å². The standard InChI is InChI=1S/C23H27ClN2O3/c1-6-19-15(3)9-14(2)12-23(19,16(4)7-8-21(25)27)26-13-17-10-18(24)11-20(29-5)22(17)28/h6-11,13,15,28H,4,12H2,1-3,5H3,(H2,25,27)/b8-7-,19-6+,26-13+. The lowest BCUT2D eigenvalue weighted by Gasteiger charge is -2.40. The number of rotatable bonds is 6. The van der Waals surface area contributed by atoms with E-state index in [0.29, 0.717) is 22.6 Å². The molecule has 0 bridgehead atoms. The summed E-state index contributed by atoms with van der Waals surface area (Å²) in [6, 6.07) is 3.15. The second-order valence-corrected chi connectivity index (χ2v) is 7.58. The van der Waals surface area contributed by atoms with Gasteiger partial charge in [-0.1, -0.05) is 48.9 Å². The molecule has 2 unspecified atom stereocenters. The van der Waals surface area contributed by atoms with E-state index in [0.717, 1.165) is 11.1 Å². The lowest BCUT2D eigenvalue weighted by molar-refractivity contribution is -0.113. The van der Waals surface area contributed by atoms with Gasteiger partial charge in [-0.2, -0.15) is 0 Å². The van der Waals surface area contributed by atoms with Crippen LogP contribution in [-0.4, -0.2) is 29.9 Å². The van der Waals surface area contributed by atoms with Crippen LogP contribution >= 0.6 is 11.6 Å². The summed E-state index contributed by atoms with van der Waals surface area (Å²) < 4.78 is 5.18. The molecule has 1 aliphatic carbocycles. The van der Waals surface area contributed by atoms with Crippen LogP contribution in [-0.2, 0) is 4.79 Å². The lowest BCUT2D eigenvalue weighted by Crippen LogP contribution is -2.37. The summed E-state index contributed by atoms with van der Waals surface area (Å²) >= 11 is 6.15. The van der Waals surface area contributed by atoms with E-state index < -0.39 is 11.4 Å². The molecule has 1 aliphatic rings. The van der Waals surface area contributed by atoms with E-state index in [1.165, 1.54) is 19.3 Å². The Morgan fingerprint density at radius 2 is 2.14 bits per heavy atom. The van der Waals surface area contributed by atoms with Crippen molar-refractivity contribution >= 4 is 23.7 Å². The lowest BCUT2D eigenvalue weighted by atomic mass is 9.69. The molecule has 2 atom stereocenters. The number of primary amides is 1. The number of nitrogens with zero attached hydrogens (tertiary/aromatic N) is 1. The van der Waals surface area contributed by atoms with Gasteiger partial charge in [0.15, 0.2) is 11.5 Å². The molecule has 0 radical (unpaired) electrons. The summed E-state index contributed by atoms with van der Waals surface area (Å²) in [5.74, 6) is -0.209. The molecule has 3 N–H and O–H groups in total. The van der Waals surface area contributed by atoms with Crippen molar-refractivity contribution in [2.75, 3.05) is 7.11 Å². The Bertz CT molecular complexity index is 944. The van der Waals surface area contributed by atoms with Crippen LogP contribution < -0.4 is 10.5 Å². The first-order valence-corrected chi connectivity index (χ1v) is 9.65. The first kappa shape index (κ1) is 22.5. The van der Waals surface area contributed by atoms with Crippen LogP contribution in [0.5, 0.6) is 11.5 Å². The Morgan fingerprint density at radius 1 is 1.45 bits per heavy atom. The second-order valence-electron chi connectivity index (χ2n) is 7.15. The van der Waals surface area contributed by atoms with E-state index in [1.54, 1.807) is 18.4 Å². The highest BCUT2D eigenvalue weighted by atomic mass is 35.5. The smallest absolute Gasteiger partial charge is 0.241 e.